The molecule has 1 rings (SSSR count). The predicted octanol–water partition coefficient (Wildman–Crippen LogP) is 0.774. The number of amides is 1. The van der Waals surface area contributed by atoms with Gasteiger partial charge in [-0.2, -0.15) is 0 Å². The van der Waals surface area contributed by atoms with Crippen molar-refractivity contribution in [2.45, 2.75) is 26.0 Å². The van der Waals surface area contributed by atoms with E-state index in [4.69, 9.17) is 10.5 Å². The molecule has 0 aliphatic rings. The Bertz CT molecular complexity index is 363. The molecular weight excluding hydrogens is 238 g/mol. The number of nitrogens with zero attached hydrogens (tertiary/aromatic N) is 2. The first-order valence-electron chi connectivity index (χ1n) is 5.44. The number of methoxy groups -OCH3 is 1. The monoisotopic (exact) mass is 257 g/mol. The molecule has 0 fully saturated rings. The second kappa shape index (κ2) is 6.68. The fourth-order valence-electron chi connectivity index (χ4n) is 1.43. The fraction of sp³-hybridized carbons (Fsp3) is 0.636. The van der Waals surface area contributed by atoms with Crippen LogP contribution in [0.25, 0.3) is 0 Å². The average Bonchev–Trinajstić information content (AvgIpc) is 2.71. The molecule has 96 valence electrons. The summed E-state index contributed by atoms with van der Waals surface area (Å²) in [6.45, 7) is 2.83. The summed E-state index contributed by atoms with van der Waals surface area (Å²) in [5.74, 6) is 0.0213. The van der Waals surface area contributed by atoms with Crippen molar-refractivity contribution in [3.8, 4) is 0 Å². The SMILES string of the molecule is COC(CN)CC(=O)N(C)Cc1csc(C)n1. The third kappa shape index (κ3) is 4.41. The van der Waals surface area contributed by atoms with Crippen LogP contribution < -0.4 is 5.73 Å². The Labute approximate surface area is 106 Å². The zero-order valence-electron chi connectivity index (χ0n) is 10.5. The number of carbonyl (C=O) groups excluding carboxylic acids is 1. The number of rotatable bonds is 6. The highest BCUT2D eigenvalue weighted by Crippen LogP contribution is 2.10. The Kier molecular flexibility index (Phi) is 5.54. The molecule has 1 aromatic heterocycles. The first kappa shape index (κ1) is 14.1. The first-order valence-corrected chi connectivity index (χ1v) is 6.32. The van der Waals surface area contributed by atoms with Crippen molar-refractivity contribution in [3.63, 3.8) is 0 Å². The molecule has 0 spiro atoms. The number of aromatic nitrogens is 1. The Morgan fingerprint density at radius 2 is 2.41 bits per heavy atom. The van der Waals surface area contributed by atoms with E-state index in [1.807, 2.05) is 12.3 Å². The van der Waals surface area contributed by atoms with Gasteiger partial charge in [-0.05, 0) is 6.92 Å². The van der Waals surface area contributed by atoms with Gasteiger partial charge in [-0.1, -0.05) is 0 Å². The topological polar surface area (TPSA) is 68.5 Å². The van der Waals surface area contributed by atoms with Crippen molar-refractivity contribution in [2.24, 2.45) is 5.73 Å². The number of thiazole rings is 1. The normalized spacial score (nSPS) is 12.5. The summed E-state index contributed by atoms with van der Waals surface area (Å²) in [5, 5.41) is 2.98. The molecule has 17 heavy (non-hydrogen) atoms. The molecular formula is C11H19N3O2S. The largest absolute Gasteiger partial charge is 0.380 e. The van der Waals surface area contributed by atoms with Gasteiger partial charge in [-0.3, -0.25) is 4.79 Å². The third-order valence-corrected chi connectivity index (χ3v) is 3.31. The quantitative estimate of drug-likeness (QED) is 0.817. The number of nitrogens with two attached hydrogens (primary N) is 1. The van der Waals surface area contributed by atoms with Crippen molar-refractivity contribution in [1.29, 1.82) is 0 Å². The van der Waals surface area contributed by atoms with Gasteiger partial charge in [0, 0.05) is 26.1 Å². The van der Waals surface area contributed by atoms with Crippen LogP contribution in [0.2, 0.25) is 0 Å². The molecule has 1 heterocycles. The van der Waals surface area contributed by atoms with Gasteiger partial charge in [0.15, 0.2) is 0 Å². The van der Waals surface area contributed by atoms with Crippen LogP contribution in [0.15, 0.2) is 5.38 Å². The molecule has 2 N–H and O–H groups in total. The first-order chi connectivity index (χ1) is 8.06. The van der Waals surface area contributed by atoms with Gasteiger partial charge in [0.1, 0.15) is 0 Å². The summed E-state index contributed by atoms with van der Waals surface area (Å²) in [5.41, 5.74) is 6.40. The van der Waals surface area contributed by atoms with Crippen molar-refractivity contribution < 1.29 is 9.53 Å². The minimum Gasteiger partial charge on any atom is -0.380 e. The molecule has 0 saturated heterocycles. The van der Waals surface area contributed by atoms with Crippen LogP contribution in [-0.4, -0.2) is 42.6 Å². The van der Waals surface area contributed by atoms with Crippen LogP contribution in [-0.2, 0) is 16.1 Å². The maximum Gasteiger partial charge on any atom is 0.225 e. The smallest absolute Gasteiger partial charge is 0.225 e. The van der Waals surface area contributed by atoms with Gasteiger partial charge in [0.05, 0.1) is 29.8 Å². The number of hydrogen-bond acceptors (Lipinski definition) is 5. The molecule has 1 amide bonds. The number of ether oxygens (including phenoxy) is 1. The van der Waals surface area contributed by atoms with Crippen LogP contribution in [0.4, 0.5) is 0 Å². The third-order valence-electron chi connectivity index (χ3n) is 2.49. The molecule has 0 bridgehead atoms. The van der Waals surface area contributed by atoms with Crippen molar-refractivity contribution >= 4 is 17.2 Å². The van der Waals surface area contributed by atoms with E-state index in [0.717, 1.165) is 10.7 Å². The van der Waals surface area contributed by atoms with Crippen LogP contribution >= 0.6 is 11.3 Å². The van der Waals surface area contributed by atoms with Crippen LogP contribution in [0.1, 0.15) is 17.1 Å². The molecule has 0 aliphatic heterocycles. The van der Waals surface area contributed by atoms with Gasteiger partial charge < -0.3 is 15.4 Å². The maximum absolute atomic E-state index is 11.8. The maximum atomic E-state index is 11.8. The highest BCUT2D eigenvalue weighted by molar-refractivity contribution is 7.09. The molecule has 1 unspecified atom stereocenters. The van der Waals surface area contributed by atoms with Crippen molar-refractivity contribution in [1.82, 2.24) is 9.88 Å². The molecule has 0 aliphatic carbocycles. The van der Waals surface area contributed by atoms with Crippen LogP contribution in [0.5, 0.6) is 0 Å². The Balaban J connectivity index is 2.46. The molecule has 5 nitrogen and oxygen atoms in total. The summed E-state index contributed by atoms with van der Waals surface area (Å²) in [6.07, 6.45) is 0.106. The predicted molar refractivity (Wildman–Crippen MR) is 67.8 cm³/mol. The van der Waals surface area contributed by atoms with E-state index in [0.29, 0.717) is 19.5 Å². The van der Waals surface area contributed by atoms with Gasteiger partial charge in [-0.15, -0.1) is 11.3 Å². The number of aryl methyl sites for hydroxylation is 1. The molecule has 6 heteroatoms. The minimum absolute atomic E-state index is 0.0213. The lowest BCUT2D eigenvalue weighted by Gasteiger charge is -2.19. The van der Waals surface area contributed by atoms with E-state index in [2.05, 4.69) is 4.98 Å². The highest BCUT2D eigenvalue weighted by Gasteiger charge is 2.16. The van der Waals surface area contributed by atoms with E-state index >= 15 is 0 Å². The molecule has 1 atom stereocenters. The van der Waals surface area contributed by atoms with Crippen LogP contribution in [0, 0.1) is 6.92 Å². The van der Waals surface area contributed by atoms with E-state index in [1.165, 1.54) is 0 Å². The van der Waals surface area contributed by atoms with Gasteiger partial charge >= 0.3 is 0 Å². The van der Waals surface area contributed by atoms with Crippen LogP contribution in [0.3, 0.4) is 0 Å². The summed E-state index contributed by atoms with van der Waals surface area (Å²) < 4.78 is 5.09. The molecule has 1 aromatic rings. The summed E-state index contributed by atoms with van der Waals surface area (Å²) >= 11 is 1.59. The fourth-order valence-corrected chi connectivity index (χ4v) is 2.03. The molecule has 0 aromatic carbocycles. The summed E-state index contributed by atoms with van der Waals surface area (Å²) in [7, 11) is 3.33. The highest BCUT2D eigenvalue weighted by atomic mass is 32.1. The summed E-state index contributed by atoms with van der Waals surface area (Å²) in [6, 6.07) is 0. The van der Waals surface area contributed by atoms with Gasteiger partial charge in [0.25, 0.3) is 0 Å². The Hall–Kier alpha value is -0.980. The second-order valence-corrected chi connectivity index (χ2v) is 4.97. The van der Waals surface area contributed by atoms with Gasteiger partial charge in [0.2, 0.25) is 5.91 Å². The standard InChI is InChI=1S/C11H19N3O2S/c1-8-13-9(7-17-8)6-14(2)11(15)4-10(5-12)16-3/h7,10H,4-6,12H2,1-3H3. The second-order valence-electron chi connectivity index (χ2n) is 3.91. The lowest BCUT2D eigenvalue weighted by molar-refractivity contribution is -0.132. The number of hydrogen-bond donors (Lipinski definition) is 1. The molecule has 0 radical (unpaired) electrons. The minimum atomic E-state index is -0.206. The lowest BCUT2D eigenvalue weighted by Crippen LogP contribution is -2.33. The van der Waals surface area contributed by atoms with E-state index in [1.54, 1.807) is 30.4 Å². The summed E-state index contributed by atoms with van der Waals surface area (Å²) in [4.78, 5) is 17.8. The molecule has 0 saturated carbocycles. The van der Waals surface area contributed by atoms with Crippen molar-refractivity contribution in [3.05, 3.63) is 16.1 Å². The Morgan fingerprint density at radius 1 is 1.71 bits per heavy atom. The van der Waals surface area contributed by atoms with E-state index in [9.17, 15) is 4.79 Å². The number of carbonyl (C=O) groups is 1. The van der Waals surface area contributed by atoms with E-state index in [-0.39, 0.29) is 12.0 Å². The van der Waals surface area contributed by atoms with Gasteiger partial charge in [-0.25, -0.2) is 4.98 Å². The van der Waals surface area contributed by atoms with Crippen molar-refractivity contribution in [2.75, 3.05) is 20.7 Å². The Morgan fingerprint density at radius 3 is 2.88 bits per heavy atom. The lowest BCUT2D eigenvalue weighted by atomic mass is 10.2. The average molecular weight is 257 g/mol. The zero-order valence-corrected chi connectivity index (χ0v) is 11.3. The van der Waals surface area contributed by atoms with E-state index < -0.39 is 0 Å². The zero-order chi connectivity index (χ0) is 12.8.